The van der Waals surface area contributed by atoms with Gasteiger partial charge in [0, 0.05) is 32.7 Å². The van der Waals surface area contributed by atoms with Gasteiger partial charge in [-0.15, -0.1) is 0 Å². The van der Waals surface area contributed by atoms with E-state index in [1.54, 1.807) is 0 Å². The molecule has 0 radical (unpaired) electrons. The minimum atomic E-state index is 0.292. The Morgan fingerprint density at radius 1 is 0.640 bits per heavy atom. The highest BCUT2D eigenvalue weighted by atomic mass is 16.3. The molecule has 0 spiro atoms. The van der Waals surface area contributed by atoms with Gasteiger partial charge in [-0.3, -0.25) is 0 Å². The second-order valence-corrected chi connectivity index (χ2v) is 14.3. The summed E-state index contributed by atoms with van der Waals surface area (Å²) in [6.07, 6.45) is 0. The molecule has 4 heteroatoms. The van der Waals surface area contributed by atoms with Crippen molar-refractivity contribution >= 4 is 54.8 Å². The summed E-state index contributed by atoms with van der Waals surface area (Å²) in [6, 6.07) is 43.9. The highest BCUT2D eigenvalue weighted by molar-refractivity contribution is 6.14. The quantitative estimate of drug-likeness (QED) is 0.137. The van der Waals surface area contributed by atoms with Crippen molar-refractivity contribution in [2.24, 2.45) is 7.05 Å². The predicted octanol–water partition coefficient (Wildman–Crippen LogP) is 11.9. The van der Waals surface area contributed by atoms with Crippen molar-refractivity contribution in [2.45, 2.75) is 46.5 Å². The first kappa shape index (κ1) is 30.3. The van der Waals surface area contributed by atoms with Crippen LogP contribution in [0.2, 0.25) is 0 Å². The first-order valence-electron chi connectivity index (χ1n) is 17.7. The van der Waals surface area contributed by atoms with Crippen molar-refractivity contribution in [3.8, 4) is 28.2 Å². The van der Waals surface area contributed by atoms with Crippen molar-refractivity contribution in [3.63, 3.8) is 0 Å². The first-order valence-corrected chi connectivity index (χ1v) is 17.7. The summed E-state index contributed by atoms with van der Waals surface area (Å²) < 4.78 is 11.8. The van der Waals surface area contributed by atoms with Gasteiger partial charge in [-0.2, -0.15) is 4.57 Å². The van der Waals surface area contributed by atoms with Crippen molar-refractivity contribution in [2.75, 3.05) is 0 Å². The van der Waals surface area contributed by atoms with E-state index in [9.17, 15) is 0 Å². The maximum Gasteiger partial charge on any atom is 0.299 e. The second kappa shape index (κ2) is 11.4. The molecule has 0 aliphatic rings. The monoisotopic (exact) mass is 650 g/mol. The fourth-order valence-corrected chi connectivity index (χ4v) is 7.97. The average molecular weight is 651 g/mol. The zero-order chi connectivity index (χ0) is 34.3. The minimum absolute atomic E-state index is 0.292. The summed E-state index contributed by atoms with van der Waals surface area (Å²) in [6.45, 7) is 11.5. The Bertz CT molecular complexity index is 2750. The fourth-order valence-electron chi connectivity index (χ4n) is 7.97. The van der Waals surface area contributed by atoms with E-state index in [4.69, 9.17) is 9.40 Å². The lowest BCUT2D eigenvalue weighted by molar-refractivity contribution is -0.633. The highest BCUT2D eigenvalue weighted by Gasteiger charge is 2.34. The molecule has 0 atom stereocenters. The molecule has 0 aliphatic heterocycles. The number of nitrogens with zero attached hydrogens (tertiary/aromatic N) is 3. The van der Waals surface area contributed by atoms with Gasteiger partial charge in [-0.1, -0.05) is 119 Å². The van der Waals surface area contributed by atoms with E-state index in [0.29, 0.717) is 17.5 Å². The van der Waals surface area contributed by atoms with Gasteiger partial charge in [-0.25, -0.2) is 9.55 Å². The Labute approximate surface area is 292 Å². The number of aryl methyl sites for hydroxylation is 2. The van der Waals surface area contributed by atoms with E-state index < -0.39 is 0 Å². The number of furan rings is 1. The van der Waals surface area contributed by atoms with Crippen molar-refractivity contribution in [1.29, 1.82) is 0 Å². The molecule has 9 aromatic rings. The third kappa shape index (κ3) is 4.51. The molecule has 0 aliphatic carbocycles. The number of benzene rings is 6. The summed E-state index contributed by atoms with van der Waals surface area (Å²) in [4.78, 5) is 5.19. The lowest BCUT2D eigenvalue weighted by Gasteiger charge is -2.21. The van der Waals surface area contributed by atoms with Gasteiger partial charge in [-0.05, 0) is 71.2 Å². The Kier molecular flexibility index (Phi) is 6.93. The van der Waals surface area contributed by atoms with Gasteiger partial charge >= 0.3 is 0 Å². The maximum atomic E-state index is 6.91. The Morgan fingerprint density at radius 2 is 1.32 bits per heavy atom. The number of imidazole rings is 1. The van der Waals surface area contributed by atoms with E-state index in [1.165, 1.54) is 44.4 Å². The average Bonchev–Trinajstić information content (AvgIpc) is 3.64. The normalized spacial score (nSPS) is 12.2. The van der Waals surface area contributed by atoms with E-state index in [1.807, 2.05) is 0 Å². The largest absolute Gasteiger partial charge is 0.437 e. The first-order chi connectivity index (χ1) is 24.3. The van der Waals surface area contributed by atoms with Gasteiger partial charge < -0.3 is 4.42 Å². The van der Waals surface area contributed by atoms with Gasteiger partial charge in [0.25, 0.3) is 5.82 Å². The minimum Gasteiger partial charge on any atom is -0.437 e. The lowest BCUT2D eigenvalue weighted by Crippen LogP contribution is -2.30. The molecule has 0 unspecified atom stereocenters. The molecule has 0 saturated carbocycles. The number of pyridine rings is 1. The standard InChI is InChI=1S/C46H40N3O/c1-27(2)36-25-33(30-14-8-7-9-15-30)26-37(28(3)4)43(36)49-40-19-13-12-18-39(40)48(6)46(49)41-29(5)20-23-35-38-24-32-22-21-31-16-10-11-17-34(31)42(32)47-45(38)50-44(35)41/h7-28H,1-6H3/q+1. The number of rotatable bonds is 5. The Morgan fingerprint density at radius 3 is 2.08 bits per heavy atom. The summed E-state index contributed by atoms with van der Waals surface area (Å²) in [5.41, 5.74) is 13.5. The van der Waals surface area contributed by atoms with E-state index in [2.05, 4.69) is 172 Å². The molecule has 50 heavy (non-hydrogen) atoms. The van der Waals surface area contributed by atoms with Crippen LogP contribution in [0.3, 0.4) is 0 Å². The van der Waals surface area contributed by atoms with Crippen molar-refractivity contribution in [1.82, 2.24) is 9.55 Å². The highest BCUT2D eigenvalue weighted by Crippen LogP contribution is 2.43. The van der Waals surface area contributed by atoms with Crippen LogP contribution in [0.5, 0.6) is 0 Å². The molecule has 4 nitrogen and oxygen atoms in total. The van der Waals surface area contributed by atoms with Gasteiger partial charge in [0.2, 0.25) is 5.71 Å². The third-order valence-corrected chi connectivity index (χ3v) is 10.5. The van der Waals surface area contributed by atoms with Crippen molar-refractivity contribution in [3.05, 3.63) is 138 Å². The molecule has 0 amide bonds. The summed E-state index contributed by atoms with van der Waals surface area (Å²) in [5.74, 6) is 1.68. The van der Waals surface area contributed by atoms with Crippen LogP contribution < -0.4 is 4.57 Å². The van der Waals surface area contributed by atoms with Gasteiger partial charge in [0.1, 0.15) is 11.3 Å². The van der Waals surface area contributed by atoms with Crippen LogP contribution in [0.4, 0.5) is 0 Å². The summed E-state index contributed by atoms with van der Waals surface area (Å²) in [7, 11) is 2.19. The summed E-state index contributed by atoms with van der Waals surface area (Å²) >= 11 is 0. The SMILES string of the molecule is Cc1ccc2c(oc3nc4c(ccc5ccccc54)cc32)c1-c1n(-c2c(C(C)C)cc(-c3ccccc3)cc2C(C)C)c2ccccc2[n+]1C. The number of hydrogen-bond acceptors (Lipinski definition) is 2. The van der Waals surface area contributed by atoms with Crippen LogP contribution in [-0.2, 0) is 7.05 Å². The van der Waals surface area contributed by atoms with Crippen LogP contribution in [0.1, 0.15) is 56.2 Å². The van der Waals surface area contributed by atoms with E-state index in [-0.39, 0.29) is 0 Å². The van der Waals surface area contributed by atoms with Crippen molar-refractivity contribution < 1.29 is 8.98 Å². The zero-order valence-electron chi connectivity index (χ0n) is 29.5. The molecule has 0 saturated heterocycles. The summed E-state index contributed by atoms with van der Waals surface area (Å²) in [5, 5.41) is 5.54. The number of para-hydroxylation sites is 2. The van der Waals surface area contributed by atoms with E-state index in [0.717, 1.165) is 49.6 Å². The molecule has 0 bridgehead atoms. The smallest absolute Gasteiger partial charge is 0.299 e. The van der Waals surface area contributed by atoms with Crippen LogP contribution in [-0.4, -0.2) is 9.55 Å². The van der Waals surface area contributed by atoms with E-state index >= 15 is 0 Å². The molecular formula is C46H40N3O+. The Hall–Kier alpha value is -5.74. The molecule has 3 heterocycles. The van der Waals surface area contributed by atoms with Crippen LogP contribution in [0.25, 0.3) is 83.0 Å². The maximum absolute atomic E-state index is 6.91. The molecular weight excluding hydrogens is 611 g/mol. The molecule has 244 valence electrons. The predicted molar refractivity (Wildman–Crippen MR) is 208 cm³/mol. The van der Waals surface area contributed by atoms with Crippen LogP contribution in [0.15, 0.2) is 126 Å². The van der Waals surface area contributed by atoms with Gasteiger partial charge in [0.15, 0.2) is 16.6 Å². The fraction of sp³-hybridized carbons (Fsp3) is 0.174. The topological polar surface area (TPSA) is 34.8 Å². The number of fused-ring (bicyclic) bond motifs is 7. The van der Waals surface area contributed by atoms with Gasteiger partial charge in [0.05, 0.1) is 12.6 Å². The second-order valence-electron chi connectivity index (χ2n) is 14.3. The lowest BCUT2D eigenvalue weighted by atomic mass is 9.88. The number of hydrogen-bond donors (Lipinski definition) is 0. The molecule has 6 aromatic carbocycles. The van der Waals surface area contributed by atoms with Crippen LogP contribution >= 0.6 is 0 Å². The molecule has 0 fully saturated rings. The number of aromatic nitrogens is 3. The zero-order valence-corrected chi connectivity index (χ0v) is 29.5. The molecule has 0 N–H and O–H groups in total. The molecule has 9 rings (SSSR count). The Balaban J connectivity index is 1.40. The van der Waals surface area contributed by atoms with Crippen LogP contribution in [0, 0.1) is 6.92 Å². The third-order valence-electron chi connectivity index (χ3n) is 10.5. The molecule has 3 aromatic heterocycles.